The zero-order valence-electron chi connectivity index (χ0n) is 10.2. The molecule has 0 aliphatic carbocycles. The molecule has 0 aliphatic rings. The number of imidazole rings is 1. The first-order valence-corrected chi connectivity index (χ1v) is 6.24. The molecule has 4 heteroatoms. The first-order valence-electron chi connectivity index (χ1n) is 5.45. The Morgan fingerprint density at radius 3 is 2.82 bits per heavy atom. The topological polar surface area (TPSA) is 41.6 Å². The lowest BCUT2D eigenvalue weighted by molar-refractivity contribution is 0.472. The molecule has 0 amide bonds. The first-order chi connectivity index (χ1) is 7.93. The van der Waals surface area contributed by atoms with Crippen LogP contribution in [0.25, 0.3) is 11.0 Å². The Bertz CT molecular complexity index is 605. The van der Waals surface area contributed by atoms with E-state index in [0.29, 0.717) is 6.42 Å². The molecule has 0 radical (unpaired) electrons. The Kier molecular flexibility index (Phi) is 2.96. The molecular formula is C13H14BrN3. The van der Waals surface area contributed by atoms with Crippen LogP contribution in [-0.4, -0.2) is 9.55 Å². The number of benzene rings is 1. The van der Waals surface area contributed by atoms with Crippen LogP contribution in [-0.2, 0) is 13.5 Å². The zero-order valence-corrected chi connectivity index (χ0v) is 11.7. The van der Waals surface area contributed by atoms with Crippen LogP contribution >= 0.6 is 15.9 Å². The first kappa shape index (κ1) is 12.1. The molecule has 1 aromatic heterocycles. The van der Waals surface area contributed by atoms with Gasteiger partial charge in [-0.3, -0.25) is 0 Å². The molecule has 0 atom stereocenters. The fourth-order valence-electron chi connectivity index (χ4n) is 1.81. The van der Waals surface area contributed by atoms with Gasteiger partial charge >= 0.3 is 0 Å². The molecule has 0 fully saturated rings. The van der Waals surface area contributed by atoms with Crippen LogP contribution in [0.15, 0.2) is 22.7 Å². The minimum absolute atomic E-state index is 0.383. The average Bonchev–Trinajstić information content (AvgIpc) is 2.56. The highest BCUT2D eigenvalue weighted by molar-refractivity contribution is 9.10. The van der Waals surface area contributed by atoms with Crippen LogP contribution in [0.2, 0.25) is 0 Å². The summed E-state index contributed by atoms with van der Waals surface area (Å²) in [5.74, 6) is 0.949. The lowest BCUT2D eigenvalue weighted by Gasteiger charge is -2.14. The fourth-order valence-corrected chi connectivity index (χ4v) is 2.15. The van der Waals surface area contributed by atoms with E-state index in [9.17, 15) is 0 Å². The van der Waals surface area contributed by atoms with Crippen LogP contribution in [0, 0.1) is 16.7 Å². The van der Waals surface area contributed by atoms with Gasteiger partial charge in [0.2, 0.25) is 0 Å². The molecule has 0 bridgehead atoms. The van der Waals surface area contributed by atoms with Gasteiger partial charge in [-0.05, 0) is 32.0 Å². The normalized spacial score (nSPS) is 11.7. The molecule has 0 saturated heterocycles. The number of hydrogen-bond donors (Lipinski definition) is 0. The summed E-state index contributed by atoms with van der Waals surface area (Å²) in [6.07, 6.45) is 0.659. The maximum atomic E-state index is 9.07. The summed E-state index contributed by atoms with van der Waals surface area (Å²) >= 11 is 3.46. The predicted octanol–water partition coefficient (Wildman–Crippen LogP) is 3.43. The lowest BCUT2D eigenvalue weighted by atomic mass is 9.91. The number of hydrogen-bond acceptors (Lipinski definition) is 2. The van der Waals surface area contributed by atoms with E-state index in [-0.39, 0.29) is 5.41 Å². The van der Waals surface area contributed by atoms with E-state index in [0.717, 1.165) is 21.3 Å². The van der Waals surface area contributed by atoms with Gasteiger partial charge in [-0.1, -0.05) is 15.9 Å². The van der Waals surface area contributed by atoms with E-state index in [1.165, 1.54) is 0 Å². The molecule has 0 saturated carbocycles. The van der Waals surface area contributed by atoms with Gasteiger partial charge in [0, 0.05) is 17.9 Å². The van der Waals surface area contributed by atoms with Crippen molar-refractivity contribution >= 4 is 27.0 Å². The molecule has 0 spiro atoms. The molecule has 17 heavy (non-hydrogen) atoms. The van der Waals surface area contributed by atoms with Gasteiger partial charge in [-0.25, -0.2) is 4.98 Å². The molecule has 88 valence electrons. The largest absolute Gasteiger partial charge is 0.331 e. The number of nitrogens with zero attached hydrogens (tertiary/aromatic N) is 3. The van der Waals surface area contributed by atoms with Crippen LogP contribution in [0.1, 0.15) is 19.7 Å². The standard InChI is InChI=1S/C13H14BrN3/c1-13(2,8-15)7-12-16-10-5-4-9(14)6-11(10)17(12)3/h4-6H,7H2,1-3H3. The Hall–Kier alpha value is -1.34. The third kappa shape index (κ3) is 2.34. The molecule has 0 N–H and O–H groups in total. The Morgan fingerprint density at radius 1 is 1.47 bits per heavy atom. The number of halogens is 1. The van der Waals surface area contributed by atoms with E-state index in [4.69, 9.17) is 5.26 Å². The molecular weight excluding hydrogens is 278 g/mol. The minimum Gasteiger partial charge on any atom is -0.331 e. The molecule has 0 unspecified atom stereocenters. The molecule has 3 nitrogen and oxygen atoms in total. The fraction of sp³-hybridized carbons (Fsp3) is 0.385. The third-order valence-electron chi connectivity index (χ3n) is 2.84. The summed E-state index contributed by atoms with van der Waals surface area (Å²) in [6.45, 7) is 3.87. The SMILES string of the molecule is Cn1c(CC(C)(C)C#N)nc2ccc(Br)cc21. The number of rotatable bonds is 2. The maximum Gasteiger partial charge on any atom is 0.111 e. The molecule has 0 aliphatic heterocycles. The Morgan fingerprint density at radius 2 is 2.18 bits per heavy atom. The van der Waals surface area contributed by atoms with Gasteiger partial charge in [0.15, 0.2) is 0 Å². The monoisotopic (exact) mass is 291 g/mol. The minimum atomic E-state index is -0.383. The van der Waals surface area contributed by atoms with Crippen molar-refractivity contribution in [3.63, 3.8) is 0 Å². The van der Waals surface area contributed by atoms with Gasteiger partial charge in [-0.2, -0.15) is 5.26 Å². The number of aryl methyl sites for hydroxylation is 1. The van der Waals surface area contributed by atoms with Crippen molar-refractivity contribution in [1.29, 1.82) is 5.26 Å². The van der Waals surface area contributed by atoms with Gasteiger partial charge in [0.05, 0.1) is 22.5 Å². The number of aromatic nitrogens is 2. The zero-order chi connectivity index (χ0) is 12.6. The van der Waals surface area contributed by atoms with Crippen molar-refractivity contribution in [2.45, 2.75) is 20.3 Å². The highest BCUT2D eigenvalue weighted by atomic mass is 79.9. The second-order valence-electron chi connectivity index (χ2n) is 4.89. The summed E-state index contributed by atoms with van der Waals surface area (Å²) in [6, 6.07) is 8.33. The summed E-state index contributed by atoms with van der Waals surface area (Å²) < 4.78 is 3.10. The van der Waals surface area contributed by atoms with Gasteiger partial charge in [0.1, 0.15) is 5.82 Å². The summed E-state index contributed by atoms with van der Waals surface area (Å²) in [5.41, 5.74) is 1.68. The summed E-state index contributed by atoms with van der Waals surface area (Å²) in [4.78, 5) is 4.58. The van der Waals surface area contributed by atoms with E-state index in [1.54, 1.807) is 0 Å². The summed E-state index contributed by atoms with van der Waals surface area (Å²) in [7, 11) is 1.99. The van der Waals surface area contributed by atoms with E-state index in [1.807, 2.05) is 39.1 Å². The lowest BCUT2D eigenvalue weighted by Crippen LogP contribution is -2.15. The molecule has 1 heterocycles. The van der Waals surface area contributed by atoms with Crippen molar-refractivity contribution in [1.82, 2.24) is 9.55 Å². The van der Waals surface area contributed by atoms with Crippen molar-refractivity contribution in [2.24, 2.45) is 12.5 Å². The van der Waals surface area contributed by atoms with Crippen LogP contribution in [0.4, 0.5) is 0 Å². The average molecular weight is 292 g/mol. The van der Waals surface area contributed by atoms with Crippen molar-refractivity contribution < 1.29 is 0 Å². The highest BCUT2D eigenvalue weighted by Gasteiger charge is 2.21. The van der Waals surface area contributed by atoms with Gasteiger partial charge in [0.25, 0.3) is 0 Å². The van der Waals surface area contributed by atoms with Gasteiger partial charge < -0.3 is 4.57 Å². The maximum absolute atomic E-state index is 9.07. The number of nitriles is 1. The van der Waals surface area contributed by atoms with Crippen LogP contribution < -0.4 is 0 Å². The van der Waals surface area contributed by atoms with E-state index in [2.05, 4.69) is 31.6 Å². The van der Waals surface area contributed by atoms with E-state index >= 15 is 0 Å². The second-order valence-corrected chi connectivity index (χ2v) is 5.81. The van der Waals surface area contributed by atoms with Crippen molar-refractivity contribution in [3.8, 4) is 6.07 Å². The summed E-state index contributed by atoms with van der Waals surface area (Å²) in [5, 5.41) is 9.07. The molecule has 1 aromatic carbocycles. The Balaban J connectivity index is 2.50. The third-order valence-corrected chi connectivity index (χ3v) is 3.33. The predicted molar refractivity (Wildman–Crippen MR) is 71.5 cm³/mol. The Labute approximate surface area is 109 Å². The van der Waals surface area contributed by atoms with Crippen LogP contribution in [0.5, 0.6) is 0 Å². The smallest absolute Gasteiger partial charge is 0.111 e. The highest BCUT2D eigenvalue weighted by Crippen LogP contribution is 2.24. The van der Waals surface area contributed by atoms with E-state index < -0.39 is 0 Å². The van der Waals surface area contributed by atoms with Crippen LogP contribution in [0.3, 0.4) is 0 Å². The number of fused-ring (bicyclic) bond motifs is 1. The van der Waals surface area contributed by atoms with Gasteiger partial charge in [-0.15, -0.1) is 0 Å². The quantitative estimate of drug-likeness (QED) is 0.851. The molecule has 2 aromatic rings. The van der Waals surface area contributed by atoms with Crippen molar-refractivity contribution in [3.05, 3.63) is 28.5 Å². The van der Waals surface area contributed by atoms with Crippen molar-refractivity contribution in [2.75, 3.05) is 0 Å². The second kappa shape index (κ2) is 4.15. The molecule has 2 rings (SSSR count).